The molecule has 0 saturated heterocycles. The van der Waals surface area contributed by atoms with Crippen molar-refractivity contribution in [3.8, 4) is 17.2 Å². The van der Waals surface area contributed by atoms with Crippen molar-refractivity contribution in [3.05, 3.63) is 114 Å². The molecule has 1 amide bonds. The SMILES string of the molecule is COc1ccccc1C(=O)Oc1ccc(/C(C)=N/NC(=O)c2ccc(-n3cccc3)cc2)cc1. The molecule has 0 unspecified atom stereocenters. The van der Waals surface area contributed by atoms with E-state index in [2.05, 4.69) is 10.5 Å². The van der Waals surface area contributed by atoms with Gasteiger partial charge < -0.3 is 14.0 Å². The molecule has 0 atom stereocenters. The standard InChI is InChI=1S/C27H23N3O4/c1-19(28-29-26(31)21-9-13-22(14-10-21)30-17-5-6-18-30)20-11-15-23(16-12-20)34-27(32)24-7-3-4-8-25(24)33-2/h3-18H,1-2H3,(H,29,31)/b28-19+. The number of carbonyl (C=O) groups excluding carboxylic acids is 2. The molecule has 0 aliphatic carbocycles. The van der Waals surface area contributed by atoms with Gasteiger partial charge in [-0.25, -0.2) is 10.2 Å². The van der Waals surface area contributed by atoms with Crippen LogP contribution in [-0.4, -0.2) is 29.3 Å². The quantitative estimate of drug-likeness (QED) is 0.188. The highest BCUT2D eigenvalue weighted by atomic mass is 16.5. The van der Waals surface area contributed by atoms with Crippen molar-refractivity contribution in [3.63, 3.8) is 0 Å². The van der Waals surface area contributed by atoms with Crippen LogP contribution in [0.25, 0.3) is 5.69 Å². The molecule has 0 aliphatic rings. The van der Waals surface area contributed by atoms with Gasteiger partial charge in [-0.2, -0.15) is 5.10 Å². The molecule has 34 heavy (non-hydrogen) atoms. The van der Waals surface area contributed by atoms with Crippen LogP contribution in [-0.2, 0) is 0 Å². The maximum absolute atomic E-state index is 12.4. The van der Waals surface area contributed by atoms with E-state index in [-0.39, 0.29) is 5.91 Å². The Morgan fingerprint density at radius 1 is 0.824 bits per heavy atom. The third kappa shape index (κ3) is 5.21. The first-order valence-corrected chi connectivity index (χ1v) is 10.6. The van der Waals surface area contributed by atoms with Crippen LogP contribution < -0.4 is 14.9 Å². The van der Waals surface area contributed by atoms with E-state index in [4.69, 9.17) is 9.47 Å². The highest BCUT2D eigenvalue weighted by Crippen LogP contribution is 2.21. The molecule has 0 saturated carbocycles. The summed E-state index contributed by atoms with van der Waals surface area (Å²) in [6, 6.07) is 24.9. The zero-order chi connectivity index (χ0) is 23.9. The predicted molar refractivity (Wildman–Crippen MR) is 130 cm³/mol. The Labute approximate surface area is 197 Å². The van der Waals surface area contributed by atoms with Gasteiger partial charge in [0.15, 0.2) is 0 Å². The summed E-state index contributed by atoms with van der Waals surface area (Å²) >= 11 is 0. The molecule has 3 aromatic carbocycles. The fourth-order valence-corrected chi connectivity index (χ4v) is 3.29. The van der Waals surface area contributed by atoms with Gasteiger partial charge in [-0.3, -0.25) is 4.79 Å². The van der Waals surface area contributed by atoms with Gasteiger partial charge in [-0.15, -0.1) is 0 Å². The van der Waals surface area contributed by atoms with Crippen molar-refractivity contribution < 1.29 is 19.1 Å². The van der Waals surface area contributed by atoms with Gasteiger partial charge >= 0.3 is 5.97 Å². The summed E-state index contributed by atoms with van der Waals surface area (Å²) in [6.07, 6.45) is 3.88. The average Bonchev–Trinajstić information content (AvgIpc) is 3.42. The van der Waals surface area contributed by atoms with Crippen LogP contribution in [0.1, 0.15) is 33.2 Å². The molecule has 1 heterocycles. The first-order chi connectivity index (χ1) is 16.5. The van der Waals surface area contributed by atoms with Crippen LogP contribution in [0.2, 0.25) is 0 Å². The van der Waals surface area contributed by atoms with Gasteiger partial charge in [-0.1, -0.05) is 12.1 Å². The fraction of sp³-hybridized carbons (Fsp3) is 0.0741. The zero-order valence-electron chi connectivity index (χ0n) is 18.8. The molecular weight excluding hydrogens is 430 g/mol. The minimum atomic E-state index is -0.509. The summed E-state index contributed by atoms with van der Waals surface area (Å²) in [6.45, 7) is 1.78. The van der Waals surface area contributed by atoms with E-state index in [1.165, 1.54) is 7.11 Å². The van der Waals surface area contributed by atoms with E-state index in [1.807, 2.05) is 41.2 Å². The summed E-state index contributed by atoms with van der Waals surface area (Å²) in [4.78, 5) is 24.9. The summed E-state index contributed by atoms with van der Waals surface area (Å²) in [7, 11) is 1.50. The molecule has 0 fully saturated rings. The van der Waals surface area contributed by atoms with Crippen molar-refractivity contribution in [1.29, 1.82) is 0 Å². The van der Waals surface area contributed by atoms with Crippen LogP contribution in [0, 0.1) is 0 Å². The summed E-state index contributed by atoms with van der Waals surface area (Å²) < 4.78 is 12.6. The monoisotopic (exact) mass is 453 g/mol. The largest absolute Gasteiger partial charge is 0.496 e. The maximum atomic E-state index is 12.4. The molecule has 0 spiro atoms. The number of esters is 1. The lowest BCUT2D eigenvalue weighted by atomic mass is 10.1. The van der Waals surface area contributed by atoms with Crippen LogP contribution in [0.4, 0.5) is 0 Å². The van der Waals surface area contributed by atoms with Crippen molar-refractivity contribution in [1.82, 2.24) is 9.99 Å². The van der Waals surface area contributed by atoms with Crippen molar-refractivity contribution >= 4 is 17.6 Å². The number of nitrogens with zero attached hydrogens (tertiary/aromatic N) is 2. The van der Waals surface area contributed by atoms with E-state index in [0.29, 0.717) is 28.3 Å². The van der Waals surface area contributed by atoms with Gasteiger partial charge in [0.2, 0.25) is 0 Å². The highest BCUT2D eigenvalue weighted by molar-refractivity contribution is 6.01. The third-order valence-corrected chi connectivity index (χ3v) is 5.17. The second-order valence-corrected chi connectivity index (χ2v) is 7.39. The molecule has 1 aromatic heterocycles. The van der Waals surface area contributed by atoms with Crippen LogP contribution >= 0.6 is 0 Å². The number of benzene rings is 3. The Morgan fingerprint density at radius 3 is 2.15 bits per heavy atom. The normalized spacial score (nSPS) is 11.1. The summed E-state index contributed by atoms with van der Waals surface area (Å²) in [5.41, 5.74) is 5.78. The van der Waals surface area contributed by atoms with E-state index in [0.717, 1.165) is 11.3 Å². The maximum Gasteiger partial charge on any atom is 0.347 e. The van der Waals surface area contributed by atoms with Crippen LogP contribution in [0.15, 0.2) is 102 Å². The molecule has 7 nitrogen and oxygen atoms in total. The van der Waals surface area contributed by atoms with E-state index < -0.39 is 5.97 Å². The van der Waals surface area contributed by atoms with Gasteiger partial charge in [0, 0.05) is 23.6 Å². The smallest absolute Gasteiger partial charge is 0.347 e. The molecule has 0 bridgehead atoms. The lowest BCUT2D eigenvalue weighted by Gasteiger charge is -2.09. The first kappa shape index (κ1) is 22.5. The number of carbonyl (C=O) groups is 2. The summed E-state index contributed by atoms with van der Waals surface area (Å²) in [5.74, 6) is 0.0212. The molecule has 7 heteroatoms. The number of hydrogen-bond acceptors (Lipinski definition) is 5. The lowest BCUT2D eigenvalue weighted by molar-refractivity contribution is 0.0731. The third-order valence-electron chi connectivity index (χ3n) is 5.17. The minimum Gasteiger partial charge on any atom is -0.496 e. The van der Waals surface area contributed by atoms with Crippen molar-refractivity contribution in [2.75, 3.05) is 7.11 Å². The number of methoxy groups -OCH3 is 1. The zero-order valence-corrected chi connectivity index (χ0v) is 18.8. The number of nitrogens with one attached hydrogen (secondary N) is 1. The Balaban J connectivity index is 1.37. The van der Waals surface area contributed by atoms with Crippen LogP contribution in [0.5, 0.6) is 11.5 Å². The first-order valence-electron chi connectivity index (χ1n) is 10.6. The molecule has 4 rings (SSSR count). The minimum absolute atomic E-state index is 0.305. The number of rotatable bonds is 7. The topological polar surface area (TPSA) is 81.9 Å². The highest BCUT2D eigenvalue weighted by Gasteiger charge is 2.14. The number of para-hydroxylation sites is 1. The number of hydrogen-bond donors (Lipinski definition) is 1. The van der Waals surface area contributed by atoms with Gasteiger partial charge in [0.05, 0.1) is 12.8 Å². The number of hydrazone groups is 1. The van der Waals surface area contributed by atoms with E-state index in [9.17, 15) is 9.59 Å². The Morgan fingerprint density at radius 2 is 1.47 bits per heavy atom. The lowest BCUT2D eigenvalue weighted by Crippen LogP contribution is -2.19. The second-order valence-electron chi connectivity index (χ2n) is 7.39. The molecule has 170 valence electrons. The summed E-state index contributed by atoms with van der Waals surface area (Å²) in [5, 5.41) is 4.19. The molecule has 0 radical (unpaired) electrons. The second kappa shape index (κ2) is 10.3. The average molecular weight is 453 g/mol. The Hall–Kier alpha value is -4.65. The van der Waals surface area contributed by atoms with E-state index >= 15 is 0 Å². The molecule has 0 aliphatic heterocycles. The van der Waals surface area contributed by atoms with Crippen molar-refractivity contribution in [2.45, 2.75) is 6.92 Å². The van der Waals surface area contributed by atoms with Crippen LogP contribution in [0.3, 0.4) is 0 Å². The van der Waals surface area contributed by atoms with Crippen molar-refractivity contribution in [2.24, 2.45) is 5.10 Å². The Bertz CT molecular complexity index is 1310. The fourth-order valence-electron chi connectivity index (χ4n) is 3.29. The van der Waals surface area contributed by atoms with Gasteiger partial charge in [-0.05, 0) is 85.3 Å². The number of aromatic nitrogens is 1. The van der Waals surface area contributed by atoms with Gasteiger partial charge in [0.25, 0.3) is 5.91 Å². The molecular formula is C27H23N3O4. The number of amides is 1. The number of ether oxygens (including phenoxy) is 2. The Kier molecular flexibility index (Phi) is 6.84. The molecule has 1 N–H and O–H groups in total. The predicted octanol–water partition coefficient (Wildman–Crippen LogP) is 4.86. The molecule has 4 aromatic rings. The van der Waals surface area contributed by atoms with E-state index in [1.54, 1.807) is 67.6 Å². The van der Waals surface area contributed by atoms with Gasteiger partial charge in [0.1, 0.15) is 17.1 Å².